The molecule has 7 heteroatoms. The molecule has 2 heterocycles. The van der Waals surface area contributed by atoms with Crippen molar-refractivity contribution in [2.24, 2.45) is 23.7 Å². The Balaban J connectivity index is 1.50. The van der Waals surface area contributed by atoms with Gasteiger partial charge in [0, 0.05) is 45.3 Å². The molecule has 1 aliphatic carbocycles. The first-order valence-corrected chi connectivity index (χ1v) is 11.9. The van der Waals surface area contributed by atoms with Crippen LogP contribution in [0.3, 0.4) is 0 Å². The number of morpholine rings is 1. The highest BCUT2D eigenvalue weighted by Gasteiger charge is 2.32. The maximum Gasteiger partial charge on any atom is 0.269 e. The summed E-state index contributed by atoms with van der Waals surface area (Å²) in [7, 11) is 0. The number of pyridine rings is 1. The molecule has 2 N–H and O–H groups in total. The molecule has 176 valence electrons. The standard InChI is InChI=1S/C25H38N4O3/c1-18(2)22-15-20(16-24(30)27-8-9-29-10-12-32-13-11-29)19(3)14-21(22)17-28-25(31)23-6-4-5-7-26-23/h4-7,14,18,20-22H,8-13,15-17H2,1-3H3,(H,27,30)(H,28,31). The van der Waals surface area contributed by atoms with Crippen LogP contribution in [0.5, 0.6) is 0 Å². The van der Waals surface area contributed by atoms with Gasteiger partial charge in [0.25, 0.3) is 5.91 Å². The number of aromatic nitrogens is 1. The molecule has 0 bridgehead atoms. The van der Waals surface area contributed by atoms with Gasteiger partial charge in [0.1, 0.15) is 5.69 Å². The van der Waals surface area contributed by atoms with E-state index in [2.05, 4.69) is 47.4 Å². The Hall–Kier alpha value is -2.25. The second-order valence-electron chi connectivity index (χ2n) is 9.35. The quantitative estimate of drug-likeness (QED) is 0.574. The van der Waals surface area contributed by atoms with Gasteiger partial charge < -0.3 is 15.4 Å². The molecular weight excluding hydrogens is 404 g/mol. The molecule has 3 rings (SSSR count). The number of carbonyl (C=O) groups excluding carboxylic acids is 2. The van der Waals surface area contributed by atoms with Gasteiger partial charge in [-0.25, -0.2) is 0 Å². The Morgan fingerprint density at radius 3 is 2.69 bits per heavy atom. The van der Waals surface area contributed by atoms with E-state index in [1.54, 1.807) is 18.3 Å². The van der Waals surface area contributed by atoms with E-state index in [9.17, 15) is 9.59 Å². The molecule has 3 atom stereocenters. The SMILES string of the molecule is CC1=CC(CNC(=O)c2ccccn2)C(C(C)C)CC1CC(=O)NCCN1CCOCC1. The largest absolute Gasteiger partial charge is 0.379 e. The van der Waals surface area contributed by atoms with Gasteiger partial charge in [0.2, 0.25) is 5.91 Å². The van der Waals surface area contributed by atoms with Gasteiger partial charge in [-0.15, -0.1) is 0 Å². The highest BCUT2D eigenvalue weighted by atomic mass is 16.5. The fourth-order valence-corrected chi connectivity index (χ4v) is 4.78. The summed E-state index contributed by atoms with van der Waals surface area (Å²) in [4.78, 5) is 31.5. The maximum absolute atomic E-state index is 12.6. The van der Waals surface area contributed by atoms with Crippen molar-refractivity contribution in [2.75, 3.05) is 45.9 Å². The fraction of sp³-hybridized carbons (Fsp3) is 0.640. The predicted molar refractivity (Wildman–Crippen MR) is 125 cm³/mol. The molecule has 2 aliphatic rings. The fourth-order valence-electron chi connectivity index (χ4n) is 4.78. The van der Waals surface area contributed by atoms with E-state index in [-0.39, 0.29) is 23.7 Å². The minimum Gasteiger partial charge on any atom is -0.379 e. The number of rotatable bonds is 9. The van der Waals surface area contributed by atoms with Gasteiger partial charge in [-0.2, -0.15) is 0 Å². The first-order chi connectivity index (χ1) is 15.4. The molecule has 3 unspecified atom stereocenters. The topological polar surface area (TPSA) is 83.6 Å². The molecule has 0 aromatic carbocycles. The number of hydrogen-bond donors (Lipinski definition) is 2. The summed E-state index contributed by atoms with van der Waals surface area (Å²) in [5.41, 5.74) is 1.69. The summed E-state index contributed by atoms with van der Waals surface area (Å²) < 4.78 is 5.37. The molecule has 1 fully saturated rings. The Labute approximate surface area is 192 Å². The van der Waals surface area contributed by atoms with Crippen LogP contribution in [0.25, 0.3) is 0 Å². The van der Waals surface area contributed by atoms with Crippen LogP contribution in [0.1, 0.15) is 44.1 Å². The summed E-state index contributed by atoms with van der Waals surface area (Å²) in [6, 6.07) is 5.35. The summed E-state index contributed by atoms with van der Waals surface area (Å²) in [6.07, 6.45) is 5.41. The van der Waals surface area contributed by atoms with Crippen LogP contribution in [0, 0.1) is 23.7 Å². The van der Waals surface area contributed by atoms with Crippen molar-refractivity contribution in [2.45, 2.75) is 33.6 Å². The van der Waals surface area contributed by atoms with Crippen molar-refractivity contribution in [3.8, 4) is 0 Å². The van der Waals surface area contributed by atoms with Crippen LogP contribution in [-0.2, 0) is 9.53 Å². The number of carbonyl (C=O) groups is 2. The van der Waals surface area contributed by atoms with Gasteiger partial charge >= 0.3 is 0 Å². The van der Waals surface area contributed by atoms with Crippen LogP contribution in [0.15, 0.2) is 36.0 Å². The number of amides is 2. The third-order valence-electron chi connectivity index (χ3n) is 6.77. The molecule has 1 aromatic rings. The van der Waals surface area contributed by atoms with Gasteiger partial charge in [0.15, 0.2) is 0 Å². The lowest BCUT2D eigenvalue weighted by Crippen LogP contribution is -2.42. The van der Waals surface area contributed by atoms with Crippen LogP contribution >= 0.6 is 0 Å². The summed E-state index contributed by atoms with van der Waals surface area (Å²) in [5, 5.41) is 6.15. The van der Waals surface area contributed by atoms with E-state index in [1.165, 1.54) is 5.57 Å². The second-order valence-corrected chi connectivity index (χ2v) is 9.35. The average molecular weight is 443 g/mol. The Kier molecular flexibility index (Phi) is 9.23. The zero-order valence-corrected chi connectivity index (χ0v) is 19.7. The Morgan fingerprint density at radius 2 is 2.00 bits per heavy atom. The lowest BCUT2D eigenvalue weighted by molar-refractivity contribution is -0.122. The number of ether oxygens (including phenoxy) is 1. The first kappa shape index (κ1) is 24.4. The number of nitrogens with one attached hydrogen (secondary N) is 2. The van der Waals surface area contributed by atoms with E-state index in [0.717, 1.165) is 39.3 Å². The monoisotopic (exact) mass is 442 g/mol. The Bertz CT molecular complexity index is 775. The number of nitrogens with zero attached hydrogens (tertiary/aromatic N) is 2. The third-order valence-corrected chi connectivity index (χ3v) is 6.77. The molecule has 0 saturated carbocycles. The van der Waals surface area contributed by atoms with Crippen molar-refractivity contribution < 1.29 is 14.3 Å². The highest BCUT2D eigenvalue weighted by Crippen LogP contribution is 2.38. The summed E-state index contributed by atoms with van der Waals surface area (Å²) >= 11 is 0. The van der Waals surface area contributed by atoms with Crippen LogP contribution in [-0.4, -0.2) is 67.6 Å². The maximum atomic E-state index is 12.6. The van der Waals surface area contributed by atoms with Gasteiger partial charge in [0.05, 0.1) is 13.2 Å². The molecular formula is C25H38N4O3. The van der Waals surface area contributed by atoms with E-state index >= 15 is 0 Å². The Morgan fingerprint density at radius 1 is 1.22 bits per heavy atom. The normalized spacial score (nSPS) is 24.1. The van der Waals surface area contributed by atoms with Crippen molar-refractivity contribution in [1.82, 2.24) is 20.5 Å². The van der Waals surface area contributed by atoms with Crippen molar-refractivity contribution in [3.05, 3.63) is 41.7 Å². The molecule has 32 heavy (non-hydrogen) atoms. The minimum atomic E-state index is -0.138. The minimum absolute atomic E-state index is 0.125. The van der Waals surface area contributed by atoms with Gasteiger partial charge in [-0.05, 0) is 49.1 Å². The molecule has 0 radical (unpaired) electrons. The van der Waals surface area contributed by atoms with Crippen LogP contribution < -0.4 is 10.6 Å². The molecule has 1 saturated heterocycles. The summed E-state index contributed by atoms with van der Waals surface area (Å²) in [6.45, 7) is 12.2. The van der Waals surface area contributed by atoms with Gasteiger partial charge in [-0.3, -0.25) is 19.5 Å². The van der Waals surface area contributed by atoms with Gasteiger partial charge in [-0.1, -0.05) is 31.6 Å². The highest BCUT2D eigenvalue weighted by molar-refractivity contribution is 5.92. The zero-order chi connectivity index (χ0) is 22.9. The zero-order valence-electron chi connectivity index (χ0n) is 19.7. The lowest BCUT2D eigenvalue weighted by atomic mass is 9.69. The summed E-state index contributed by atoms with van der Waals surface area (Å²) in [5.74, 6) is 1.41. The molecule has 1 aromatic heterocycles. The number of hydrogen-bond acceptors (Lipinski definition) is 5. The van der Waals surface area contributed by atoms with E-state index < -0.39 is 0 Å². The predicted octanol–water partition coefficient (Wildman–Crippen LogP) is 2.50. The van der Waals surface area contributed by atoms with E-state index in [4.69, 9.17) is 4.74 Å². The second kappa shape index (κ2) is 12.1. The molecule has 7 nitrogen and oxygen atoms in total. The molecule has 0 spiro atoms. The van der Waals surface area contributed by atoms with Crippen LogP contribution in [0.4, 0.5) is 0 Å². The van der Waals surface area contributed by atoms with Crippen molar-refractivity contribution in [3.63, 3.8) is 0 Å². The lowest BCUT2D eigenvalue weighted by Gasteiger charge is -2.37. The third kappa shape index (κ3) is 7.14. The molecule has 2 amide bonds. The van der Waals surface area contributed by atoms with E-state index in [1.807, 2.05) is 6.07 Å². The van der Waals surface area contributed by atoms with Crippen molar-refractivity contribution in [1.29, 1.82) is 0 Å². The average Bonchev–Trinajstić information content (AvgIpc) is 2.80. The smallest absolute Gasteiger partial charge is 0.269 e. The van der Waals surface area contributed by atoms with Crippen molar-refractivity contribution >= 4 is 11.8 Å². The first-order valence-electron chi connectivity index (χ1n) is 11.9. The van der Waals surface area contributed by atoms with Crippen LogP contribution in [0.2, 0.25) is 0 Å². The molecule has 1 aliphatic heterocycles. The van der Waals surface area contributed by atoms with E-state index in [0.29, 0.717) is 37.0 Å². The number of allylic oxidation sites excluding steroid dienone is 1.